The molecular formula is C26H22IN3O3. The van der Waals surface area contributed by atoms with Crippen molar-refractivity contribution in [3.8, 4) is 0 Å². The first kappa shape index (κ1) is 21.5. The van der Waals surface area contributed by atoms with E-state index in [1.54, 1.807) is 0 Å². The molecule has 1 aliphatic rings. The molecule has 0 saturated carbocycles. The van der Waals surface area contributed by atoms with Crippen LogP contribution < -0.4 is 10.2 Å². The van der Waals surface area contributed by atoms with E-state index in [-0.39, 0.29) is 11.8 Å². The second-order valence-corrected chi connectivity index (χ2v) is 9.18. The highest BCUT2D eigenvalue weighted by atomic mass is 127. The van der Waals surface area contributed by atoms with Gasteiger partial charge in [-0.15, -0.1) is 0 Å². The molecule has 2 amide bonds. The van der Waals surface area contributed by atoms with Gasteiger partial charge in [0.2, 0.25) is 0 Å². The van der Waals surface area contributed by atoms with Crippen LogP contribution in [0.5, 0.6) is 0 Å². The number of piperazine rings is 1. The zero-order valence-corrected chi connectivity index (χ0v) is 20.0. The quantitative estimate of drug-likeness (QED) is 0.352. The minimum Gasteiger partial charge on any atom is -0.451 e. The Kier molecular flexibility index (Phi) is 6.04. The highest BCUT2D eigenvalue weighted by molar-refractivity contribution is 14.1. The van der Waals surface area contributed by atoms with Gasteiger partial charge in [-0.3, -0.25) is 9.59 Å². The lowest BCUT2D eigenvalue weighted by molar-refractivity contribution is 0.0717. The van der Waals surface area contributed by atoms with E-state index in [2.05, 4.69) is 32.8 Å². The number of carbonyl (C=O) groups excluding carboxylic acids is 2. The summed E-state index contributed by atoms with van der Waals surface area (Å²) in [6.45, 7) is 2.73. The molecule has 0 radical (unpaired) electrons. The van der Waals surface area contributed by atoms with Crippen LogP contribution in [0.4, 0.5) is 11.4 Å². The Bertz CT molecular complexity index is 1260. The maximum absolute atomic E-state index is 12.9. The molecule has 3 aromatic carbocycles. The smallest absolute Gasteiger partial charge is 0.289 e. The number of benzene rings is 3. The van der Waals surface area contributed by atoms with Gasteiger partial charge in [-0.05, 0) is 83.3 Å². The fourth-order valence-corrected chi connectivity index (χ4v) is 4.33. The van der Waals surface area contributed by atoms with Crippen molar-refractivity contribution in [1.29, 1.82) is 0 Å². The Labute approximate surface area is 205 Å². The molecule has 0 aliphatic carbocycles. The van der Waals surface area contributed by atoms with Gasteiger partial charge in [0.25, 0.3) is 11.8 Å². The molecule has 0 bridgehead atoms. The maximum atomic E-state index is 12.9. The topological polar surface area (TPSA) is 65.8 Å². The number of fused-ring (bicyclic) bond motifs is 1. The van der Waals surface area contributed by atoms with Crippen LogP contribution in [-0.4, -0.2) is 42.9 Å². The number of hydrogen-bond acceptors (Lipinski definition) is 4. The third kappa shape index (κ3) is 4.73. The van der Waals surface area contributed by atoms with Crippen LogP contribution in [0.25, 0.3) is 11.0 Å². The van der Waals surface area contributed by atoms with Crippen LogP contribution in [-0.2, 0) is 0 Å². The first-order valence-electron chi connectivity index (χ1n) is 10.8. The van der Waals surface area contributed by atoms with Gasteiger partial charge in [0.15, 0.2) is 5.76 Å². The third-order valence-electron chi connectivity index (χ3n) is 5.80. The van der Waals surface area contributed by atoms with Gasteiger partial charge >= 0.3 is 0 Å². The molecule has 1 fully saturated rings. The van der Waals surface area contributed by atoms with E-state index in [4.69, 9.17) is 4.42 Å². The molecule has 33 heavy (non-hydrogen) atoms. The van der Waals surface area contributed by atoms with Crippen molar-refractivity contribution in [3.63, 3.8) is 0 Å². The van der Waals surface area contributed by atoms with Crippen molar-refractivity contribution in [3.05, 3.63) is 93.8 Å². The maximum Gasteiger partial charge on any atom is 0.289 e. The minimum absolute atomic E-state index is 0.0699. The van der Waals surface area contributed by atoms with Crippen molar-refractivity contribution in [2.24, 2.45) is 0 Å². The molecule has 1 aliphatic heterocycles. The summed E-state index contributed by atoms with van der Waals surface area (Å²) >= 11 is 2.22. The number of carbonyl (C=O) groups is 2. The average molecular weight is 551 g/mol. The van der Waals surface area contributed by atoms with Crippen molar-refractivity contribution in [1.82, 2.24) is 4.90 Å². The molecule has 7 heteroatoms. The number of para-hydroxylation sites is 1. The number of halogens is 1. The predicted octanol–water partition coefficient (Wildman–Crippen LogP) is 5.25. The largest absolute Gasteiger partial charge is 0.451 e. The highest BCUT2D eigenvalue weighted by Gasteiger charge is 2.24. The second-order valence-electron chi connectivity index (χ2n) is 7.94. The summed E-state index contributed by atoms with van der Waals surface area (Å²) in [4.78, 5) is 29.4. The molecule has 0 unspecified atom stereocenters. The van der Waals surface area contributed by atoms with E-state index < -0.39 is 0 Å². The second kappa shape index (κ2) is 9.27. The van der Waals surface area contributed by atoms with Crippen molar-refractivity contribution in [2.45, 2.75) is 0 Å². The van der Waals surface area contributed by atoms with E-state index in [0.717, 1.165) is 39.0 Å². The Hall–Kier alpha value is -3.33. The number of hydrogen-bond donors (Lipinski definition) is 1. The first-order valence-corrected chi connectivity index (χ1v) is 11.8. The summed E-state index contributed by atoms with van der Waals surface area (Å²) in [7, 11) is 0. The highest BCUT2D eigenvalue weighted by Crippen LogP contribution is 2.23. The number of furan rings is 1. The molecule has 2 heterocycles. The lowest BCUT2D eigenvalue weighted by Gasteiger charge is -2.35. The van der Waals surface area contributed by atoms with Crippen LogP contribution in [0.2, 0.25) is 0 Å². The Morgan fingerprint density at radius 2 is 1.55 bits per heavy atom. The van der Waals surface area contributed by atoms with Crippen LogP contribution in [0.3, 0.4) is 0 Å². The van der Waals surface area contributed by atoms with Gasteiger partial charge in [-0.25, -0.2) is 0 Å². The minimum atomic E-state index is -0.128. The lowest BCUT2D eigenvalue weighted by Crippen LogP contribution is -2.48. The molecule has 1 aromatic heterocycles. The number of nitrogens with zero attached hydrogens (tertiary/aromatic N) is 2. The number of rotatable bonds is 4. The standard InChI is InChI=1S/C26H22IN3O3/c27-20-7-5-18(6-8-20)25(31)28-21-9-11-22(12-10-21)29-13-15-30(16-14-29)26(32)24-17-19-3-1-2-4-23(19)33-24/h1-12,17H,13-16H2,(H,28,31). The first-order chi connectivity index (χ1) is 16.1. The van der Waals surface area contributed by atoms with Gasteiger partial charge in [-0.2, -0.15) is 0 Å². The summed E-state index contributed by atoms with van der Waals surface area (Å²) in [5.74, 6) is 0.189. The molecule has 5 rings (SSSR count). The normalized spacial score (nSPS) is 13.8. The Balaban J connectivity index is 1.18. The van der Waals surface area contributed by atoms with Gasteiger partial charge in [-0.1, -0.05) is 18.2 Å². The van der Waals surface area contributed by atoms with Gasteiger partial charge in [0.05, 0.1) is 0 Å². The SMILES string of the molecule is O=C(Nc1ccc(N2CCN(C(=O)c3cc4ccccc4o3)CC2)cc1)c1ccc(I)cc1. The van der Waals surface area contributed by atoms with Crippen LogP contribution in [0.1, 0.15) is 20.9 Å². The molecule has 1 N–H and O–H groups in total. The summed E-state index contributed by atoms with van der Waals surface area (Å²) in [5.41, 5.74) is 3.18. The molecule has 0 spiro atoms. The summed E-state index contributed by atoms with van der Waals surface area (Å²) in [6.07, 6.45) is 0. The fourth-order valence-electron chi connectivity index (χ4n) is 3.97. The molecule has 1 saturated heterocycles. The number of anilines is 2. The van der Waals surface area contributed by atoms with E-state index in [0.29, 0.717) is 24.4 Å². The number of amides is 2. The van der Waals surface area contributed by atoms with E-state index in [9.17, 15) is 9.59 Å². The van der Waals surface area contributed by atoms with Crippen molar-refractivity contribution >= 4 is 56.7 Å². The van der Waals surface area contributed by atoms with Crippen molar-refractivity contribution < 1.29 is 14.0 Å². The van der Waals surface area contributed by atoms with Crippen LogP contribution in [0, 0.1) is 3.57 Å². The average Bonchev–Trinajstić information content (AvgIpc) is 3.29. The van der Waals surface area contributed by atoms with Gasteiger partial charge < -0.3 is 19.5 Å². The third-order valence-corrected chi connectivity index (χ3v) is 6.52. The molecule has 4 aromatic rings. The van der Waals surface area contributed by atoms with Crippen molar-refractivity contribution in [2.75, 3.05) is 36.4 Å². The monoisotopic (exact) mass is 551 g/mol. The zero-order chi connectivity index (χ0) is 22.8. The van der Waals surface area contributed by atoms with E-state index >= 15 is 0 Å². The Morgan fingerprint density at radius 1 is 0.848 bits per heavy atom. The molecule has 166 valence electrons. The zero-order valence-electron chi connectivity index (χ0n) is 17.8. The fraction of sp³-hybridized carbons (Fsp3) is 0.154. The lowest BCUT2D eigenvalue weighted by atomic mass is 10.2. The molecular weight excluding hydrogens is 529 g/mol. The van der Waals surface area contributed by atoms with Crippen LogP contribution in [0.15, 0.2) is 83.3 Å². The van der Waals surface area contributed by atoms with E-state index in [1.807, 2.05) is 83.8 Å². The van der Waals surface area contributed by atoms with Gasteiger partial charge in [0.1, 0.15) is 5.58 Å². The summed E-state index contributed by atoms with van der Waals surface area (Å²) in [5, 5.41) is 3.87. The predicted molar refractivity (Wildman–Crippen MR) is 138 cm³/mol. The van der Waals surface area contributed by atoms with Gasteiger partial charge in [0, 0.05) is 52.1 Å². The van der Waals surface area contributed by atoms with E-state index in [1.165, 1.54) is 0 Å². The summed E-state index contributed by atoms with van der Waals surface area (Å²) in [6, 6.07) is 24.7. The summed E-state index contributed by atoms with van der Waals surface area (Å²) < 4.78 is 6.83. The molecule has 0 atom stereocenters. The molecule has 6 nitrogen and oxygen atoms in total. The Morgan fingerprint density at radius 3 is 2.24 bits per heavy atom. The number of nitrogens with one attached hydrogen (secondary N) is 1. The van der Waals surface area contributed by atoms with Crippen LogP contribution >= 0.6 is 22.6 Å².